The second-order valence-electron chi connectivity index (χ2n) is 5.91. The molecular weight excluding hydrogens is 334 g/mol. The van der Waals surface area contributed by atoms with Crippen molar-refractivity contribution in [1.29, 1.82) is 0 Å². The van der Waals surface area contributed by atoms with Crippen molar-refractivity contribution < 1.29 is 9.59 Å². The predicted octanol–water partition coefficient (Wildman–Crippen LogP) is 4.25. The smallest absolute Gasteiger partial charge is 0.319 e. The van der Waals surface area contributed by atoms with Crippen LogP contribution in [0.2, 0.25) is 0 Å². The maximum Gasteiger partial charge on any atom is 0.319 e. The van der Waals surface area contributed by atoms with Crippen molar-refractivity contribution in [2.45, 2.75) is 26.3 Å². The molecular formula is C19H19N3O2S. The maximum atomic E-state index is 12.1. The van der Waals surface area contributed by atoms with Gasteiger partial charge in [0, 0.05) is 23.7 Å². The first-order chi connectivity index (χ1) is 12.0. The molecule has 1 unspecified atom stereocenters. The van der Waals surface area contributed by atoms with E-state index in [1.54, 1.807) is 35.6 Å². The number of aromatic nitrogens is 1. The molecule has 5 nitrogen and oxygen atoms in total. The molecule has 0 aliphatic carbocycles. The molecule has 2 amide bonds. The molecule has 0 spiro atoms. The number of Topliss-reactive ketones (excluding diaryl/α,β-unsaturated/α-hetero) is 1. The Morgan fingerprint density at radius 1 is 1.12 bits per heavy atom. The number of thiazole rings is 1. The van der Waals surface area contributed by atoms with Crippen molar-refractivity contribution in [3.05, 3.63) is 59.1 Å². The van der Waals surface area contributed by atoms with Crippen LogP contribution in [0, 0.1) is 0 Å². The average molecular weight is 353 g/mol. The Morgan fingerprint density at radius 2 is 1.84 bits per heavy atom. The van der Waals surface area contributed by atoms with Gasteiger partial charge in [0.15, 0.2) is 5.78 Å². The molecule has 0 saturated carbocycles. The van der Waals surface area contributed by atoms with Gasteiger partial charge in [0.2, 0.25) is 0 Å². The summed E-state index contributed by atoms with van der Waals surface area (Å²) in [6.45, 7) is 3.46. The lowest BCUT2D eigenvalue weighted by Crippen LogP contribution is -2.37. The Labute approximate surface area is 150 Å². The monoisotopic (exact) mass is 353 g/mol. The van der Waals surface area contributed by atoms with Crippen molar-refractivity contribution in [3.8, 4) is 0 Å². The van der Waals surface area contributed by atoms with E-state index in [0.717, 1.165) is 15.2 Å². The minimum atomic E-state index is -0.274. The molecule has 1 aromatic heterocycles. The molecule has 3 rings (SSSR count). The number of fused-ring (bicyclic) bond motifs is 1. The average Bonchev–Trinajstić information content (AvgIpc) is 2.97. The van der Waals surface area contributed by atoms with Crippen molar-refractivity contribution in [2.75, 3.05) is 5.32 Å². The zero-order valence-electron chi connectivity index (χ0n) is 14.1. The highest BCUT2D eigenvalue weighted by molar-refractivity contribution is 7.18. The second kappa shape index (κ2) is 7.44. The number of nitrogens with one attached hydrogen (secondary N) is 2. The Kier molecular flexibility index (Phi) is 5.09. The minimum absolute atomic E-state index is 0.000425. The first kappa shape index (κ1) is 17.1. The lowest BCUT2D eigenvalue weighted by Gasteiger charge is -2.13. The lowest BCUT2D eigenvalue weighted by atomic mass is 10.1. The van der Waals surface area contributed by atoms with E-state index in [4.69, 9.17) is 0 Å². The van der Waals surface area contributed by atoms with E-state index in [1.807, 2.05) is 31.2 Å². The third-order valence-corrected chi connectivity index (χ3v) is 4.80. The molecule has 0 aliphatic heterocycles. The molecule has 2 aromatic carbocycles. The summed E-state index contributed by atoms with van der Waals surface area (Å²) in [4.78, 5) is 27.9. The number of nitrogens with zero attached hydrogens (tertiary/aromatic N) is 1. The predicted molar refractivity (Wildman–Crippen MR) is 101 cm³/mol. The third-order valence-electron chi connectivity index (χ3n) is 3.75. The van der Waals surface area contributed by atoms with Crippen LogP contribution in [0.4, 0.5) is 10.5 Å². The molecule has 128 valence electrons. The molecule has 6 heteroatoms. The number of hydrogen-bond donors (Lipinski definition) is 2. The fourth-order valence-corrected chi connectivity index (χ4v) is 3.60. The van der Waals surface area contributed by atoms with Crippen LogP contribution in [0.3, 0.4) is 0 Å². The van der Waals surface area contributed by atoms with Gasteiger partial charge in [-0.1, -0.05) is 12.1 Å². The maximum absolute atomic E-state index is 12.1. The Balaban J connectivity index is 1.55. The number of anilines is 1. The molecule has 2 N–H and O–H groups in total. The van der Waals surface area contributed by atoms with Crippen molar-refractivity contribution >= 4 is 39.1 Å². The van der Waals surface area contributed by atoms with Gasteiger partial charge in [0.05, 0.1) is 15.2 Å². The van der Waals surface area contributed by atoms with Crippen molar-refractivity contribution in [3.63, 3.8) is 0 Å². The van der Waals surface area contributed by atoms with Crippen LogP contribution in [0.1, 0.15) is 29.2 Å². The number of para-hydroxylation sites is 1. The fourth-order valence-electron chi connectivity index (χ4n) is 2.50. The molecule has 0 radical (unpaired) electrons. The molecule has 0 saturated heterocycles. The quantitative estimate of drug-likeness (QED) is 0.674. The summed E-state index contributed by atoms with van der Waals surface area (Å²) < 4.78 is 1.15. The van der Waals surface area contributed by atoms with E-state index in [2.05, 4.69) is 15.6 Å². The van der Waals surface area contributed by atoms with Gasteiger partial charge in [0.25, 0.3) is 0 Å². The van der Waals surface area contributed by atoms with Crippen LogP contribution < -0.4 is 10.6 Å². The van der Waals surface area contributed by atoms with Gasteiger partial charge in [0.1, 0.15) is 0 Å². The van der Waals surface area contributed by atoms with Gasteiger partial charge in [-0.25, -0.2) is 9.78 Å². The standard InChI is InChI=1S/C19H19N3O2S/c1-12(11-18-22-16-5-3-4-6-17(16)25-18)20-19(24)21-15-9-7-14(8-10-15)13(2)23/h3-10,12H,11H2,1-2H3,(H2,20,21,24). The lowest BCUT2D eigenvalue weighted by molar-refractivity contribution is 0.101. The van der Waals surface area contributed by atoms with Crippen molar-refractivity contribution in [1.82, 2.24) is 10.3 Å². The van der Waals surface area contributed by atoms with Crippen molar-refractivity contribution in [2.24, 2.45) is 0 Å². The van der Waals surface area contributed by atoms with Gasteiger partial charge in [-0.3, -0.25) is 4.79 Å². The summed E-state index contributed by atoms with van der Waals surface area (Å²) in [5.74, 6) is 0.000425. The first-order valence-corrected chi connectivity index (χ1v) is 8.86. The summed E-state index contributed by atoms with van der Waals surface area (Å²) in [6, 6.07) is 14.5. The van der Waals surface area contributed by atoms with Crippen LogP contribution in [0.15, 0.2) is 48.5 Å². The van der Waals surface area contributed by atoms with Crippen LogP contribution in [-0.2, 0) is 6.42 Å². The minimum Gasteiger partial charge on any atom is -0.335 e. The van der Waals surface area contributed by atoms with Gasteiger partial charge in [-0.05, 0) is 50.2 Å². The van der Waals surface area contributed by atoms with Gasteiger partial charge in [-0.2, -0.15) is 0 Å². The van der Waals surface area contributed by atoms with Crippen LogP contribution in [0.25, 0.3) is 10.2 Å². The number of carbonyl (C=O) groups is 2. The SMILES string of the molecule is CC(=O)c1ccc(NC(=O)NC(C)Cc2nc3ccccc3s2)cc1. The number of hydrogen-bond acceptors (Lipinski definition) is 4. The topological polar surface area (TPSA) is 71.1 Å². The van der Waals surface area contributed by atoms with E-state index >= 15 is 0 Å². The highest BCUT2D eigenvalue weighted by Gasteiger charge is 2.11. The molecule has 25 heavy (non-hydrogen) atoms. The second-order valence-corrected chi connectivity index (χ2v) is 7.03. The van der Waals surface area contributed by atoms with Crippen LogP contribution in [0.5, 0.6) is 0 Å². The summed E-state index contributed by atoms with van der Waals surface area (Å²) in [5, 5.41) is 6.68. The number of urea groups is 1. The van der Waals surface area contributed by atoms with Crippen LogP contribution in [-0.4, -0.2) is 22.8 Å². The normalized spacial score (nSPS) is 11.9. The van der Waals surface area contributed by atoms with Gasteiger partial charge < -0.3 is 10.6 Å². The molecule has 1 heterocycles. The zero-order chi connectivity index (χ0) is 17.8. The van der Waals surface area contributed by atoms with E-state index in [-0.39, 0.29) is 17.9 Å². The first-order valence-electron chi connectivity index (χ1n) is 8.04. The van der Waals surface area contributed by atoms with E-state index in [9.17, 15) is 9.59 Å². The highest BCUT2D eigenvalue weighted by atomic mass is 32.1. The summed E-state index contributed by atoms with van der Waals surface area (Å²) in [6.07, 6.45) is 0.677. The Hall–Kier alpha value is -2.73. The molecule has 3 aromatic rings. The summed E-state index contributed by atoms with van der Waals surface area (Å²) >= 11 is 1.65. The summed E-state index contributed by atoms with van der Waals surface area (Å²) in [5.41, 5.74) is 2.26. The largest absolute Gasteiger partial charge is 0.335 e. The van der Waals surface area contributed by atoms with E-state index < -0.39 is 0 Å². The zero-order valence-corrected chi connectivity index (χ0v) is 14.9. The molecule has 0 aliphatic rings. The van der Waals surface area contributed by atoms with Crippen LogP contribution >= 0.6 is 11.3 Å². The third kappa shape index (κ3) is 4.42. The molecule has 0 bridgehead atoms. The number of amides is 2. The Morgan fingerprint density at radius 3 is 2.52 bits per heavy atom. The fraction of sp³-hybridized carbons (Fsp3) is 0.211. The van der Waals surface area contributed by atoms with E-state index in [1.165, 1.54) is 6.92 Å². The number of rotatable bonds is 5. The Bertz CT molecular complexity index is 869. The summed E-state index contributed by atoms with van der Waals surface area (Å²) in [7, 11) is 0. The number of carbonyl (C=O) groups excluding carboxylic acids is 2. The van der Waals surface area contributed by atoms with E-state index in [0.29, 0.717) is 17.7 Å². The van der Waals surface area contributed by atoms with Gasteiger partial charge >= 0.3 is 6.03 Å². The highest BCUT2D eigenvalue weighted by Crippen LogP contribution is 2.22. The number of benzene rings is 2. The molecule has 0 fully saturated rings. The molecule has 1 atom stereocenters. The number of ketones is 1. The van der Waals surface area contributed by atoms with Gasteiger partial charge in [-0.15, -0.1) is 11.3 Å².